The van der Waals surface area contributed by atoms with Crippen LogP contribution < -0.4 is 4.74 Å². The molecule has 1 aromatic carbocycles. The van der Waals surface area contributed by atoms with Gasteiger partial charge in [0.05, 0.1) is 5.56 Å². The lowest BCUT2D eigenvalue weighted by Crippen LogP contribution is -2.03. The summed E-state index contributed by atoms with van der Waals surface area (Å²) < 4.78 is 27.5. The van der Waals surface area contributed by atoms with Gasteiger partial charge >= 0.3 is 6.61 Å². The van der Waals surface area contributed by atoms with Crippen LogP contribution in [0.15, 0.2) is 18.2 Å². The van der Waals surface area contributed by atoms with E-state index in [1.165, 1.54) is 6.07 Å². The minimum atomic E-state index is -2.98. The van der Waals surface area contributed by atoms with E-state index < -0.39 is 6.61 Å². The van der Waals surface area contributed by atoms with Gasteiger partial charge in [0.25, 0.3) is 0 Å². The number of phenols is 1. The first-order valence-corrected chi connectivity index (χ1v) is 3.31. The van der Waals surface area contributed by atoms with Gasteiger partial charge in [0.15, 0.2) is 0 Å². The highest BCUT2D eigenvalue weighted by Gasteiger charge is 2.09. The summed E-state index contributed by atoms with van der Waals surface area (Å²) in [5.41, 5.74) is -0.125. The number of alkyl halides is 2. The molecule has 5 heteroatoms. The van der Waals surface area contributed by atoms with E-state index in [-0.39, 0.29) is 17.1 Å². The van der Waals surface area contributed by atoms with Crippen molar-refractivity contribution in [2.75, 3.05) is 0 Å². The fourth-order valence-corrected chi connectivity index (χ4v) is 0.804. The van der Waals surface area contributed by atoms with Crippen molar-refractivity contribution in [3.63, 3.8) is 0 Å². The van der Waals surface area contributed by atoms with E-state index in [4.69, 9.17) is 10.4 Å². The van der Waals surface area contributed by atoms with Crippen LogP contribution in [-0.4, -0.2) is 11.7 Å². The Morgan fingerprint density at radius 3 is 2.69 bits per heavy atom. The van der Waals surface area contributed by atoms with Gasteiger partial charge in [-0.25, -0.2) is 0 Å². The van der Waals surface area contributed by atoms with Gasteiger partial charge in [-0.15, -0.1) is 0 Å². The molecule has 0 aliphatic rings. The maximum atomic E-state index is 11.7. The Labute approximate surface area is 72.8 Å². The zero-order chi connectivity index (χ0) is 9.84. The maximum Gasteiger partial charge on any atom is 0.387 e. The molecule has 0 amide bonds. The first-order valence-electron chi connectivity index (χ1n) is 3.31. The summed E-state index contributed by atoms with van der Waals surface area (Å²) in [7, 11) is 0. The molecule has 13 heavy (non-hydrogen) atoms. The first kappa shape index (κ1) is 9.26. The fraction of sp³-hybridized carbons (Fsp3) is 0.125. The van der Waals surface area contributed by atoms with Crippen LogP contribution >= 0.6 is 0 Å². The molecule has 0 bridgehead atoms. The fourth-order valence-electron chi connectivity index (χ4n) is 0.804. The average molecular weight is 185 g/mol. The summed E-state index contributed by atoms with van der Waals surface area (Å²) in [6, 6.07) is 4.95. The monoisotopic (exact) mass is 185 g/mol. The van der Waals surface area contributed by atoms with Gasteiger partial charge < -0.3 is 9.84 Å². The molecule has 0 spiro atoms. The van der Waals surface area contributed by atoms with Crippen LogP contribution in [-0.2, 0) is 0 Å². The van der Waals surface area contributed by atoms with E-state index in [9.17, 15) is 8.78 Å². The number of nitrogens with zero attached hydrogens (tertiary/aromatic N) is 1. The number of benzene rings is 1. The number of ether oxygens (including phenoxy) is 1. The second-order valence-electron chi connectivity index (χ2n) is 2.17. The van der Waals surface area contributed by atoms with Crippen LogP contribution in [0.3, 0.4) is 0 Å². The molecule has 68 valence electrons. The predicted molar refractivity (Wildman–Crippen MR) is 39.5 cm³/mol. The summed E-state index contributed by atoms with van der Waals surface area (Å²) in [5.74, 6) is -0.409. The van der Waals surface area contributed by atoms with E-state index in [0.29, 0.717) is 0 Å². The van der Waals surface area contributed by atoms with Crippen LogP contribution in [0.25, 0.3) is 0 Å². The molecule has 0 fully saturated rings. The Hall–Kier alpha value is -1.83. The number of phenolic OH excluding ortho intramolecular Hbond substituents is 1. The Kier molecular flexibility index (Phi) is 2.65. The zero-order valence-corrected chi connectivity index (χ0v) is 6.37. The van der Waals surface area contributed by atoms with E-state index in [1.54, 1.807) is 6.07 Å². The van der Waals surface area contributed by atoms with Crippen LogP contribution in [0, 0.1) is 11.3 Å². The molecule has 0 unspecified atom stereocenters. The quantitative estimate of drug-likeness (QED) is 0.765. The predicted octanol–water partition coefficient (Wildman–Crippen LogP) is 1.87. The molecule has 3 nitrogen and oxygen atoms in total. The molecule has 1 rings (SSSR count). The van der Waals surface area contributed by atoms with Crippen LogP contribution in [0.4, 0.5) is 8.78 Å². The van der Waals surface area contributed by atoms with Crippen molar-refractivity contribution in [2.45, 2.75) is 6.61 Å². The largest absolute Gasteiger partial charge is 0.508 e. The van der Waals surface area contributed by atoms with Gasteiger partial charge in [-0.1, -0.05) is 0 Å². The topological polar surface area (TPSA) is 53.2 Å². The summed E-state index contributed by atoms with van der Waals surface area (Å²) >= 11 is 0. The molecule has 0 atom stereocenters. The summed E-state index contributed by atoms with van der Waals surface area (Å²) in [6.45, 7) is -2.98. The molecule has 0 aromatic heterocycles. The maximum absolute atomic E-state index is 11.7. The average Bonchev–Trinajstić information content (AvgIpc) is 2.07. The van der Waals surface area contributed by atoms with Crippen molar-refractivity contribution >= 4 is 0 Å². The second-order valence-corrected chi connectivity index (χ2v) is 2.17. The Bertz CT molecular complexity index is 346. The Morgan fingerprint density at radius 1 is 1.46 bits per heavy atom. The number of halogens is 2. The van der Waals surface area contributed by atoms with Gasteiger partial charge in [-0.3, -0.25) is 0 Å². The first-order chi connectivity index (χ1) is 6.13. The van der Waals surface area contributed by atoms with Crippen LogP contribution in [0.1, 0.15) is 5.56 Å². The van der Waals surface area contributed by atoms with E-state index in [2.05, 4.69) is 4.74 Å². The van der Waals surface area contributed by atoms with Crippen molar-refractivity contribution in [2.24, 2.45) is 0 Å². The molecule has 0 aliphatic carbocycles. The molecule has 0 saturated carbocycles. The van der Waals surface area contributed by atoms with Gasteiger partial charge in [0, 0.05) is 6.07 Å². The lowest BCUT2D eigenvalue weighted by atomic mass is 10.2. The SMILES string of the molecule is N#Cc1cc(O)ccc1OC(F)F. The van der Waals surface area contributed by atoms with Gasteiger partial charge in [-0.2, -0.15) is 14.0 Å². The van der Waals surface area contributed by atoms with E-state index in [1.807, 2.05) is 0 Å². The molecule has 1 aromatic rings. The lowest BCUT2D eigenvalue weighted by molar-refractivity contribution is -0.0500. The molecule has 0 aliphatic heterocycles. The minimum absolute atomic E-state index is 0.125. The number of nitriles is 1. The molecule has 0 radical (unpaired) electrons. The smallest absolute Gasteiger partial charge is 0.387 e. The third-order valence-corrected chi connectivity index (χ3v) is 1.30. The highest BCUT2D eigenvalue weighted by molar-refractivity contribution is 5.47. The van der Waals surface area contributed by atoms with E-state index >= 15 is 0 Å². The van der Waals surface area contributed by atoms with Crippen molar-refractivity contribution in [1.29, 1.82) is 5.26 Å². The number of hydrogen-bond acceptors (Lipinski definition) is 3. The summed E-state index contributed by atoms with van der Waals surface area (Å²) in [6.07, 6.45) is 0. The highest BCUT2D eigenvalue weighted by atomic mass is 19.3. The highest BCUT2D eigenvalue weighted by Crippen LogP contribution is 2.23. The van der Waals surface area contributed by atoms with Crippen molar-refractivity contribution in [1.82, 2.24) is 0 Å². The molecule has 0 heterocycles. The van der Waals surface area contributed by atoms with Crippen LogP contribution in [0.5, 0.6) is 11.5 Å². The molecular formula is C8H5F2NO2. The second kappa shape index (κ2) is 3.72. The Morgan fingerprint density at radius 2 is 2.15 bits per heavy atom. The zero-order valence-electron chi connectivity index (χ0n) is 6.37. The molecule has 0 saturated heterocycles. The van der Waals surface area contributed by atoms with Crippen molar-refractivity contribution < 1.29 is 18.6 Å². The van der Waals surface area contributed by atoms with Gasteiger partial charge in [-0.05, 0) is 12.1 Å². The number of hydrogen-bond donors (Lipinski definition) is 1. The minimum Gasteiger partial charge on any atom is -0.508 e. The summed E-state index contributed by atoms with van der Waals surface area (Å²) in [5, 5.41) is 17.4. The van der Waals surface area contributed by atoms with Crippen molar-refractivity contribution in [3.05, 3.63) is 23.8 Å². The Balaban J connectivity index is 3.01. The molecule has 1 N–H and O–H groups in total. The van der Waals surface area contributed by atoms with Gasteiger partial charge in [0.1, 0.15) is 17.6 Å². The summed E-state index contributed by atoms with van der Waals surface area (Å²) in [4.78, 5) is 0. The molecular weight excluding hydrogens is 180 g/mol. The normalized spacial score (nSPS) is 9.69. The van der Waals surface area contributed by atoms with Crippen molar-refractivity contribution in [3.8, 4) is 17.6 Å². The third-order valence-electron chi connectivity index (χ3n) is 1.30. The van der Waals surface area contributed by atoms with Crippen LogP contribution in [0.2, 0.25) is 0 Å². The third kappa shape index (κ3) is 2.30. The van der Waals surface area contributed by atoms with E-state index in [0.717, 1.165) is 12.1 Å². The van der Waals surface area contributed by atoms with Gasteiger partial charge in [0.2, 0.25) is 0 Å². The number of rotatable bonds is 2. The number of aromatic hydroxyl groups is 1. The lowest BCUT2D eigenvalue weighted by Gasteiger charge is -2.05. The standard InChI is InChI=1S/C8H5F2NO2/c9-8(10)13-7-2-1-6(12)3-5(7)4-11/h1-3,8,12H.